The Balaban J connectivity index is 0.00000225. The van der Waals surface area contributed by atoms with Gasteiger partial charge in [-0.3, -0.25) is 14.7 Å². The van der Waals surface area contributed by atoms with Crippen molar-refractivity contribution in [1.82, 2.24) is 14.8 Å². The Hall–Kier alpha value is -1.37. The van der Waals surface area contributed by atoms with E-state index in [4.69, 9.17) is 23.2 Å². The number of pyridine rings is 1. The van der Waals surface area contributed by atoms with Crippen molar-refractivity contribution in [1.29, 1.82) is 0 Å². The maximum atomic E-state index is 13.0. The molecule has 3 heterocycles. The van der Waals surface area contributed by atoms with Gasteiger partial charge in [0.25, 0.3) is 5.91 Å². The third-order valence-electron chi connectivity index (χ3n) is 4.91. The summed E-state index contributed by atoms with van der Waals surface area (Å²) >= 11 is 14.0. The van der Waals surface area contributed by atoms with E-state index in [1.807, 2.05) is 29.4 Å². The highest BCUT2D eigenvalue weighted by molar-refractivity contribution is 7.21. The average Bonchev–Trinajstić information content (AvgIpc) is 3.02. The molecule has 0 atom stereocenters. The number of carbonyl (C=O) groups excluding carboxylic acids is 1. The summed E-state index contributed by atoms with van der Waals surface area (Å²) in [5.41, 5.74) is 1.29. The molecule has 28 heavy (non-hydrogen) atoms. The van der Waals surface area contributed by atoms with Crippen molar-refractivity contribution >= 4 is 62.9 Å². The van der Waals surface area contributed by atoms with Gasteiger partial charge in [-0.25, -0.2) is 0 Å². The summed E-state index contributed by atoms with van der Waals surface area (Å²) in [4.78, 5) is 21.9. The van der Waals surface area contributed by atoms with Crippen LogP contribution in [-0.4, -0.2) is 53.4 Å². The third kappa shape index (κ3) is 4.61. The van der Waals surface area contributed by atoms with Crippen molar-refractivity contribution in [3.63, 3.8) is 0 Å². The molecule has 0 aliphatic carbocycles. The van der Waals surface area contributed by atoms with E-state index in [1.165, 1.54) is 16.9 Å². The van der Waals surface area contributed by atoms with E-state index in [-0.39, 0.29) is 18.3 Å². The molecule has 4 rings (SSSR count). The van der Waals surface area contributed by atoms with Gasteiger partial charge >= 0.3 is 0 Å². The minimum atomic E-state index is 0. The summed E-state index contributed by atoms with van der Waals surface area (Å²) in [7, 11) is 0. The summed E-state index contributed by atoms with van der Waals surface area (Å²) in [5.74, 6) is 0.0195. The Morgan fingerprint density at radius 3 is 2.50 bits per heavy atom. The molecular formula is C20H20Cl3N3OS. The quantitative estimate of drug-likeness (QED) is 0.553. The number of hydrogen-bond donors (Lipinski definition) is 0. The first-order chi connectivity index (χ1) is 13.1. The smallest absolute Gasteiger partial charge is 0.265 e. The molecule has 1 aromatic carbocycles. The van der Waals surface area contributed by atoms with E-state index >= 15 is 0 Å². The van der Waals surface area contributed by atoms with E-state index < -0.39 is 0 Å². The minimum Gasteiger partial charge on any atom is -0.335 e. The lowest BCUT2D eigenvalue weighted by Crippen LogP contribution is -2.49. The van der Waals surface area contributed by atoms with Gasteiger partial charge in [-0.15, -0.1) is 23.7 Å². The highest BCUT2D eigenvalue weighted by atomic mass is 35.5. The van der Waals surface area contributed by atoms with E-state index in [0.29, 0.717) is 14.9 Å². The van der Waals surface area contributed by atoms with E-state index in [1.54, 1.807) is 6.07 Å². The second-order valence-electron chi connectivity index (χ2n) is 6.62. The Morgan fingerprint density at radius 2 is 1.79 bits per heavy atom. The predicted octanol–water partition coefficient (Wildman–Crippen LogP) is 5.03. The largest absolute Gasteiger partial charge is 0.335 e. The number of aromatic nitrogens is 1. The monoisotopic (exact) mass is 455 g/mol. The van der Waals surface area contributed by atoms with Crippen LogP contribution in [0.2, 0.25) is 10.0 Å². The molecule has 1 fully saturated rings. The van der Waals surface area contributed by atoms with Crippen molar-refractivity contribution in [3.05, 3.63) is 63.2 Å². The molecule has 0 spiro atoms. The van der Waals surface area contributed by atoms with Crippen LogP contribution in [0.1, 0.15) is 15.2 Å². The van der Waals surface area contributed by atoms with Crippen LogP contribution in [0.4, 0.5) is 0 Å². The van der Waals surface area contributed by atoms with Crippen LogP contribution in [-0.2, 0) is 6.42 Å². The SMILES string of the molecule is Cl.O=C(c1sc2cc(Cl)ccc2c1Cl)N1CCN(CCc2ccncc2)CC1. The van der Waals surface area contributed by atoms with Gasteiger partial charge in [-0.2, -0.15) is 0 Å². The van der Waals surface area contributed by atoms with Gasteiger partial charge in [-0.05, 0) is 36.2 Å². The fraction of sp³-hybridized carbons (Fsp3) is 0.300. The summed E-state index contributed by atoms with van der Waals surface area (Å²) in [6, 6.07) is 9.65. The zero-order valence-electron chi connectivity index (χ0n) is 15.1. The molecule has 0 unspecified atom stereocenters. The number of rotatable bonds is 4. The standard InChI is InChI=1S/C20H19Cl2N3OS.ClH/c21-15-1-2-16-17(13-15)27-19(18(16)22)20(26)25-11-9-24(10-12-25)8-5-14-3-6-23-7-4-14;/h1-4,6-7,13H,5,8-12H2;1H. The van der Waals surface area contributed by atoms with Crippen LogP contribution in [0.5, 0.6) is 0 Å². The molecule has 4 nitrogen and oxygen atoms in total. The highest BCUT2D eigenvalue weighted by Gasteiger charge is 2.26. The topological polar surface area (TPSA) is 36.4 Å². The van der Waals surface area contributed by atoms with E-state index in [0.717, 1.165) is 49.2 Å². The number of amides is 1. The van der Waals surface area contributed by atoms with Gasteiger partial charge in [0.15, 0.2) is 0 Å². The molecule has 3 aromatic rings. The molecule has 1 saturated heterocycles. The van der Waals surface area contributed by atoms with Crippen molar-refractivity contribution in [2.75, 3.05) is 32.7 Å². The van der Waals surface area contributed by atoms with Crippen LogP contribution < -0.4 is 0 Å². The number of benzene rings is 1. The lowest BCUT2D eigenvalue weighted by molar-refractivity contribution is 0.0643. The van der Waals surface area contributed by atoms with Crippen LogP contribution in [0.15, 0.2) is 42.7 Å². The summed E-state index contributed by atoms with van der Waals surface area (Å²) in [5, 5.41) is 2.09. The number of thiophene rings is 1. The predicted molar refractivity (Wildman–Crippen MR) is 119 cm³/mol. The van der Waals surface area contributed by atoms with Gasteiger partial charge in [-0.1, -0.05) is 29.3 Å². The van der Waals surface area contributed by atoms with Gasteiger partial charge in [0.05, 0.1) is 5.02 Å². The van der Waals surface area contributed by atoms with Crippen LogP contribution >= 0.6 is 46.9 Å². The van der Waals surface area contributed by atoms with Crippen molar-refractivity contribution in [3.8, 4) is 0 Å². The lowest BCUT2D eigenvalue weighted by Gasteiger charge is -2.34. The van der Waals surface area contributed by atoms with E-state index in [9.17, 15) is 4.79 Å². The lowest BCUT2D eigenvalue weighted by atomic mass is 10.2. The number of carbonyl (C=O) groups is 1. The normalized spacial score (nSPS) is 14.9. The number of fused-ring (bicyclic) bond motifs is 1. The fourth-order valence-electron chi connectivity index (χ4n) is 3.33. The Morgan fingerprint density at radius 1 is 1.07 bits per heavy atom. The second kappa shape index (κ2) is 9.42. The third-order valence-corrected chi connectivity index (χ3v) is 6.79. The molecule has 0 N–H and O–H groups in total. The average molecular weight is 457 g/mol. The number of piperazine rings is 1. The zero-order chi connectivity index (χ0) is 18.8. The maximum Gasteiger partial charge on any atom is 0.265 e. The van der Waals surface area contributed by atoms with Gasteiger partial charge in [0.2, 0.25) is 0 Å². The number of halogens is 3. The molecule has 0 bridgehead atoms. The Kier molecular flexibility index (Phi) is 7.18. The molecule has 2 aromatic heterocycles. The highest BCUT2D eigenvalue weighted by Crippen LogP contribution is 2.37. The molecule has 1 aliphatic rings. The molecule has 1 aliphatic heterocycles. The van der Waals surface area contributed by atoms with Crippen LogP contribution in [0.3, 0.4) is 0 Å². The molecule has 148 valence electrons. The molecule has 1 amide bonds. The summed E-state index contributed by atoms with van der Waals surface area (Å²) < 4.78 is 0.951. The van der Waals surface area contributed by atoms with Gasteiger partial charge in [0, 0.05) is 60.2 Å². The molecule has 8 heteroatoms. The van der Waals surface area contributed by atoms with Gasteiger partial charge < -0.3 is 4.90 Å². The first-order valence-electron chi connectivity index (χ1n) is 8.90. The summed E-state index contributed by atoms with van der Waals surface area (Å²) in [6.07, 6.45) is 4.65. The van der Waals surface area contributed by atoms with Crippen LogP contribution in [0.25, 0.3) is 10.1 Å². The Labute approximate surface area is 184 Å². The molecule has 0 radical (unpaired) electrons. The fourth-order valence-corrected chi connectivity index (χ4v) is 5.09. The maximum absolute atomic E-state index is 13.0. The molecule has 0 saturated carbocycles. The van der Waals surface area contributed by atoms with Crippen molar-refractivity contribution in [2.45, 2.75) is 6.42 Å². The first-order valence-corrected chi connectivity index (χ1v) is 10.5. The van der Waals surface area contributed by atoms with E-state index in [2.05, 4.69) is 22.0 Å². The zero-order valence-corrected chi connectivity index (χ0v) is 18.3. The first kappa shape index (κ1) is 21.3. The Bertz CT molecular complexity index is 956. The van der Waals surface area contributed by atoms with Crippen molar-refractivity contribution in [2.24, 2.45) is 0 Å². The molecular weight excluding hydrogens is 437 g/mol. The second-order valence-corrected chi connectivity index (χ2v) is 8.49. The summed E-state index contributed by atoms with van der Waals surface area (Å²) in [6.45, 7) is 4.20. The van der Waals surface area contributed by atoms with Gasteiger partial charge in [0.1, 0.15) is 4.88 Å². The number of hydrogen-bond acceptors (Lipinski definition) is 4. The minimum absolute atomic E-state index is 0. The number of nitrogens with zero attached hydrogens (tertiary/aromatic N) is 3. The van der Waals surface area contributed by atoms with Crippen molar-refractivity contribution < 1.29 is 4.79 Å². The van der Waals surface area contributed by atoms with Crippen LogP contribution in [0, 0.1) is 0 Å².